The van der Waals surface area contributed by atoms with E-state index >= 15 is 0 Å². The molecule has 0 unspecified atom stereocenters. The quantitative estimate of drug-likeness (QED) is 0.376. The second kappa shape index (κ2) is 10.1. The Hall–Kier alpha value is -1.98. The maximum atomic E-state index is 11.8. The fourth-order valence-corrected chi connectivity index (χ4v) is 3.81. The lowest BCUT2D eigenvalue weighted by molar-refractivity contribution is -0.139. The summed E-state index contributed by atoms with van der Waals surface area (Å²) in [4.78, 5) is 34.8. The first kappa shape index (κ1) is 19.3. The summed E-state index contributed by atoms with van der Waals surface area (Å²) in [6, 6.07) is 1.72. The van der Waals surface area contributed by atoms with E-state index in [0.29, 0.717) is 21.6 Å². The molecule has 2 aromatic rings. The van der Waals surface area contributed by atoms with E-state index in [9.17, 15) is 14.4 Å². The molecule has 2 N–H and O–H groups in total. The summed E-state index contributed by atoms with van der Waals surface area (Å²) in [7, 11) is 0. The zero-order valence-electron chi connectivity index (χ0n) is 13.3. The number of carbonyl (C=O) groups excluding carboxylic acids is 3. The molecule has 2 heterocycles. The topological polar surface area (TPSA) is 110 Å². The van der Waals surface area contributed by atoms with Gasteiger partial charge in [-0.15, -0.1) is 10.2 Å². The minimum atomic E-state index is -0.324. The van der Waals surface area contributed by atoms with Crippen molar-refractivity contribution in [2.75, 3.05) is 24.2 Å². The minimum Gasteiger partial charge on any atom is -0.465 e. The number of carbonyl (C=O) groups is 3. The molecule has 134 valence electrons. The van der Waals surface area contributed by atoms with Gasteiger partial charge in [0.25, 0.3) is 5.91 Å². The van der Waals surface area contributed by atoms with Gasteiger partial charge in [-0.3, -0.25) is 14.4 Å². The summed E-state index contributed by atoms with van der Waals surface area (Å²) in [5.74, 6) is -0.661. The zero-order chi connectivity index (χ0) is 18.1. The van der Waals surface area contributed by atoms with Crippen molar-refractivity contribution >= 4 is 57.4 Å². The molecule has 0 aliphatic rings. The summed E-state index contributed by atoms with van der Waals surface area (Å²) < 4.78 is 5.38. The van der Waals surface area contributed by atoms with Crippen molar-refractivity contribution in [2.24, 2.45) is 0 Å². The van der Waals surface area contributed by atoms with Crippen molar-refractivity contribution in [1.29, 1.82) is 0 Å². The van der Waals surface area contributed by atoms with Gasteiger partial charge in [-0.25, -0.2) is 0 Å². The van der Waals surface area contributed by atoms with Crippen LogP contribution < -0.4 is 10.6 Å². The molecule has 8 nitrogen and oxygen atoms in total. The summed E-state index contributed by atoms with van der Waals surface area (Å²) in [5, 5.41) is 16.9. The van der Waals surface area contributed by atoms with E-state index < -0.39 is 0 Å². The van der Waals surface area contributed by atoms with E-state index in [2.05, 4.69) is 20.8 Å². The molecule has 0 aromatic carbocycles. The number of hydrogen-bond donors (Lipinski definition) is 2. The third kappa shape index (κ3) is 6.80. The molecular formula is C14H16N4O4S3. The van der Waals surface area contributed by atoms with E-state index in [1.54, 1.807) is 18.4 Å². The predicted octanol–water partition coefficient (Wildman–Crippen LogP) is 2.01. The standard InChI is InChI=1S/C14H16N4O4S3/c1-2-22-11(20)8-24-14-18-17-13(25-14)16-10(19)3-5-15-12(21)9-4-6-23-7-9/h4,6-7H,2-3,5,8H2,1H3,(H,15,21)(H,16,17,19). The van der Waals surface area contributed by atoms with Crippen LogP contribution in [0, 0.1) is 0 Å². The van der Waals surface area contributed by atoms with Gasteiger partial charge < -0.3 is 15.4 Å². The number of thiophene rings is 1. The molecule has 2 amide bonds. The molecule has 0 aliphatic carbocycles. The van der Waals surface area contributed by atoms with Crippen LogP contribution in [0.1, 0.15) is 23.7 Å². The highest BCUT2D eigenvalue weighted by molar-refractivity contribution is 8.01. The second-order valence-corrected chi connectivity index (χ2v) is 7.51. The highest BCUT2D eigenvalue weighted by Gasteiger charge is 2.11. The molecule has 2 rings (SSSR count). The Bertz CT molecular complexity index is 717. The number of aromatic nitrogens is 2. The Kier molecular flexibility index (Phi) is 7.82. The molecule has 0 radical (unpaired) electrons. The Morgan fingerprint density at radius 3 is 2.88 bits per heavy atom. The van der Waals surface area contributed by atoms with Gasteiger partial charge in [0.1, 0.15) is 0 Å². The minimum absolute atomic E-state index is 0.126. The Morgan fingerprint density at radius 1 is 1.32 bits per heavy atom. The first-order valence-electron chi connectivity index (χ1n) is 7.30. The lowest BCUT2D eigenvalue weighted by Crippen LogP contribution is -2.27. The van der Waals surface area contributed by atoms with Gasteiger partial charge in [-0.2, -0.15) is 11.3 Å². The number of nitrogens with one attached hydrogen (secondary N) is 2. The number of amides is 2. The van der Waals surface area contributed by atoms with Crippen molar-refractivity contribution in [3.63, 3.8) is 0 Å². The van der Waals surface area contributed by atoms with Gasteiger partial charge >= 0.3 is 5.97 Å². The third-order valence-corrected chi connectivity index (χ3v) is 5.32. The normalized spacial score (nSPS) is 10.3. The average Bonchev–Trinajstić information content (AvgIpc) is 3.25. The van der Waals surface area contributed by atoms with Crippen LogP contribution in [0.25, 0.3) is 0 Å². The van der Waals surface area contributed by atoms with E-state index in [-0.39, 0.29) is 36.5 Å². The monoisotopic (exact) mass is 400 g/mol. The maximum Gasteiger partial charge on any atom is 0.316 e. The lowest BCUT2D eigenvalue weighted by atomic mass is 10.3. The first-order valence-corrected chi connectivity index (χ1v) is 10.0. The van der Waals surface area contributed by atoms with Crippen molar-refractivity contribution in [3.05, 3.63) is 22.4 Å². The fraction of sp³-hybridized carbons (Fsp3) is 0.357. The van der Waals surface area contributed by atoms with Gasteiger partial charge in [-0.1, -0.05) is 23.1 Å². The van der Waals surface area contributed by atoms with E-state index in [1.807, 2.05) is 5.38 Å². The highest BCUT2D eigenvalue weighted by atomic mass is 32.2. The summed E-state index contributed by atoms with van der Waals surface area (Å²) in [6.45, 7) is 2.30. The van der Waals surface area contributed by atoms with Crippen LogP contribution >= 0.6 is 34.4 Å². The maximum absolute atomic E-state index is 11.8. The fourth-order valence-electron chi connectivity index (χ4n) is 1.61. The van der Waals surface area contributed by atoms with Crippen molar-refractivity contribution in [3.8, 4) is 0 Å². The Balaban J connectivity index is 1.68. The highest BCUT2D eigenvalue weighted by Crippen LogP contribution is 2.25. The van der Waals surface area contributed by atoms with Crippen LogP contribution in [0.15, 0.2) is 21.2 Å². The molecule has 0 bridgehead atoms. The molecule has 0 fully saturated rings. The number of rotatable bonds is 9. The van der Waals surface area contributed by atoms with Gasteiger partial charge in [0.15, 0.2) is 4.34 Å². The number of esters is 1. The smallest absolute Gasteiger partial charge is 0.316 e. The molecule has 25 heavy (non-hydrogen) atoms. The molecule has 0 atom stereocenters. The molecular weight excluding hydrogens is 384 g/mol. The van der Waals surface area contributed by atoms with Gasteiger partial charge in [-0.05, 0) is 18.4 Å². The van der Waals surface area contributed by atoms with Gasteiger partial charge in [0.05, 0.1) is 12.4 Å². The van der Waals surface area contributed by atoms with Gasteiger partial charge in [0, 0.05) is 23.9 Å². The molecule has 11 heteroatoms. The van der Waals surface area contributed by atoms with E-state index in [1.165, 1.54) is 34.4 Å². The zero-order valence-corrected chi connectivity index (χ0v) is 15.8. The number of thioether (sulfide) groups is 1. The first-order chi connectivity index (χ1) is 12.1. The lowest BCUT2D eigenvalue weighted by Gasteiger charge is -2.03. The van der Waals surface area contributed by atoms with Crippen LogP contribution in [-0.4, -0.2) is 46.9 Å². The second-order valence-electron chi connectivity index (χ2n) is 4.53. The molecule has 2 aromatic heterocycles. The SMILES string of the molecule is CCOC(=O)CSc1nnc(NC(=O)CCNC(=O)c2ccsc2)s1. The largest absolute Gasteiger partial charge is 0.465 e. The van der Waals surface area contributed by atoms with E-state index in [4.69, 9.17) is 4.74 Å². The van der Waals surface area contributed by atoms with E-state index in [0.717, 1.165) is 0 Å². The third-order valence-electron chi connectivity index (χ3n) is 2.69. The Labute approximate surface area is 156 Å². The molecule has 0 saturated heterocycles. The summed E-state index contributed by atoms with van der Waals surface area (Å²) >= 11 is 3.81. The van der Waals surface area contributed by atoms with Gasteiger partial charge in [0.2, 0.25) is 11.0 Å². The summed E-state index contributed by atoms with van der Waals surface area (Å²) in [5.41, 5.74) is 0.581. The molecule has 0 aliphatic heterocycles. The number of nitrogens with zero attached hydrogens (tertiary/aromatic N) is 2. The van der Waals surface area contributed by atoms with Crippen molar-refractivity contribution < 1.29 is 19.1 Å². The average molecular weight is 401 g/mol. The number of hydrogen-bond acceptors (Lipinski definition) is 9. The van der Waals surface area contributed by atoms with Crippen LogP contribution in [0.3, 0.4) is 0 Å². The summed E-state index contributed by atoms with van der Waals surface area (Å²) in [6.07, 6.45) is 0.126. The van der Waals surface area contributed by atoms with Crippen molar-refractivity contribution in [2.45, 2.75) is 17.7 Å². The molecule has 0 spiro atoms. The number of anilines is 1. The van der Waals surface area contributed by atoms with Crippen LogP contribution in [-0.2, 0) is 14.3 Å². The van der Waals surface area contributed by atoms with Crippen LogP contribution in [0.5, 0.6) is 0 Å². The van der Waals surface area contributed by atoms with Crippen molar-refractivity contribution in [1.82, 2.24) is 15.5 Å². The molecule has 0 saturated carbocycles. The predicted molar refractivity (Wildman–Crippen MR) is 97.2 cm³/mol. The number of ether oxygens (including phenoxy) is 1. The Morgan fingerprint density at radius 2 is 2.16 bits per heavy atom. The van der Waals surface area contributed by atoms with Crippen LogP contribution in [0.2, 0.25) is 0 Å². The van der Waals surface area contributed by atoms with Crippen LogP contribution in [0.4, 0.5) is 5.13 Å².